The molecule has 0 amide bonds. The summed E-state index contributed by atoms with van der Waals surface area (Å²) in [5.74, 6) is 0. The van der Waals surface area contributed by atoms with Crippen molar-refractivity contribution in [3.63, 3.8) is 0 Å². The first-order valence-corrected chi connectivity index (χ1v) is 25.4. The summed E-state index contributed by atoms with van der Waals surface area (Å²) in [6.07, 6.45) is 0. The van der Waals surface area contributed by atoms with Crippen LogP contribution in [0.25, 0.3) is 33.4 Å². The SMILES string of the molecule is CC1(C)c2cc(N(c3ccccc3)c3ccccc3)ccc2-c2c1c1c(c3c2C(C)(C)c2cc(N(c4ccccc4)c4ccccc4)ccc2-3)C(C)(C)c2cc(N(c3ccccc3)c3ccccc3)ccc2-1. The van der Waals surface area contributed by atoms with Gasteiger partial charge >= 0.3 is 0 Å². The highest BCUT2D eigenvalue weighted by Crippen LogP contribution is 2.68. The molecule has 0 N–H and O–H groups in total. The lowest BCUT2D eigenvalue weighted by Gasteiger charge is -2.32. The quantitative estimate of drug-likeness (QED) is 0.143. The van der Waals surface area contributed by atoms with Crippen molar-refractivity contribution < 1.29 is 0 Å². The van der Waals surface area contributed by atoms with E-state index in [2.05, 4.69) is 293 Å². The number of rotatable bonds is 9. The first-order chi connectivity index (χ1) is 35.0. The van der Waals surface area contributed by atoms with Gasteiger partial charge < -0.3 is 14.7 Å². The van der Waals surface area contributed by atoms with E-state index in [-0.39, 0.29) is 16.2 Å². The largest absolute Gasteiger partial charge is 0.310 e. The van der Waals surface area contributed by atoms with Gasteiger partial charge in [-0.05, 0) is 176 Å². The number of fused-ring (bicyclic) bond motifs is 12. The summed E-state index contributed by atoms with van der Waals surface area (Å²) >= 11 is 0. The molecule has 0 atom stereocenters. The van der Waals surface area contributed by atoms with Crippen LogP contribution < -0.4 is 14.7 Å². The minimum absolute atomic E-state index is 0.345. The Morgan fingerprint density at radius 3 is 0.611 bits per heavy atom. The molecule has 348 valence electrons. The first-order valence-electron chi connectivity index (χ1n) is 25.4. The molecule has 0 aliphatic heterocycles. The predicted molar refractivity (Wildman–Crippen MR) is 303 cm³/mol. The van der Waals surface area contributed by atoms with Gasteiger partial charge in [0.15, 0.2) is 0 Å². The lowest BCUT2D eigenvalue weighted by Crippen LogP contribution is -2.22. The minimum Gasteiger partial charge on any atom is -0.310 e. The molecule has 0 saturated heterocycles. The third-order valence-electron chi connectivity index (χ3n) is 16.1. The summed E-state index contributed by atoms with van der Waals surface area (Å²) in [4.78, 5) is 7.23. The fourth-order valence-electron chi connectivity index (χ4n) is 12.9. The molecule has 0 fully saturated rings. The number of anilines is 9. The van der Waals surface area contributed by atoms with E-state index >= 15 is 0 Å². The molecule has 3 aliphatic rings. The fraction of sp³-hybridized carbons (Fsp3) is 0.130. The molecule has 0 saturated carbocycles. The van der Waals surface area contributed by atoms with E-state index in [1.807, 2.05) is 0 Å². The normalized spacial score (nSPS) is 14.6. The molecule has 10 aromatic rings. The van der Waals surface area contributed by atoms with Crippen LogP contribution in [0.3, 0.4) is 0 Å². The Bertz CT molecular complexity index is 3160. The van der Waals surface area contributed by atoms with Gasteiger partial charge in [-0.2, -0.15) is 0 Å². The van der Waals surface area contributed by atoms with E-state index in [9.17, 15) is 0 Å². The molecule has 0 bridgehead atoms. The van der Waals surface area contributed by atoms with Gasteiger partial charge in [-0.1, -0.05) is 169 Å². The molecule has 72 heavy (non-hydrogen) atoms. The molecule has 3 heteroatoms. The van der Waals surface area contributed by atoms with E-state index in [1.165, 1.54) is 66.8 Å². The molecule has 0 unspecified atom stereocenters. The summed E-state index contributed by atoms with van der Waals surface area (Å²) in [6, 6.07) is 86.8. The second-order valence-corrected chi connectivity index (χ2v) is 21.3. The zero-order valence-electron chi connectivity index (χ0n) is 41.9. The van der Waals surface area contributed by atoms with Crippen molar-refractivity contribution in [3.8, 4) is 33.4 Å². The molecule has 13 rings (SSSR count). The Labute approximate surface area is 424 Å². The molecular formula is C69H57N3. The number of para-hydroxylation sites is 6. The summed E-state index contributed by atoms with van der Waals surface area (Å²) in [5, 5.41) is 0. The first kappa shape index (κ1) is 43.6. The van der Waals surface area contributed by atoms with Crippen LogP contribution in [0.15, 0.2) is 237 Å². The highest BCUT2D eigenvalue weighted by Gasteiger charge is 2.53. The van der Waals surface area contributed by atoms with Crippen LogP contribution in [0.4, 0.5) is 51.2 Å². The second-order valence-electron chi connectivity index (χ2n) is 21.3. The number of hydrogen-bond acceptors (Lipinski definition) is 3. The maximum atomic E-state index is 2.50. The molecule has 0 heterocycles. The maximum Gasteiger partial charge on any atom is 0.0465 e. The van der Waals surface area contributed by atoms with E-state index in [0.29, 0.717) is 0 Å². The summed E-state index contributed by atoms with van der Waals surface area (Å²) in [5.41, 5.74) is 25.8. The molecule has 10 aromatic carbocycles. The zero-order chi connectivity index (χ0) is 48.9. The van der Waals surface area contributed by atoms with Gasteiger partial charge in [-0.25, -0.2) is 0 Å². The molecular weight excluding hydrogens is 871 g/mol. The minimum atomic E-state index is -0.345. The van der Waals surface area contributed by atoms with Crippen LogP contribution in [0.5, 0.6) is 0 Å². The van der Waals surface area contributed by atoms with Crippen LogP contribution >= 0.6 is 0 Å². The van der Waals surface area contributed by atoms with Gasteiger partial charge in [0.1, 0.15) is 0 Å². The van der Waals surface area contributed by atoms with Gasteiger partial charge in [0, 0.05) is 67.4 Å². The lowest BCUT2D eigenvalue weighted by molar-refractivity contribution is 0.636. The molecule has 3 nitrogen and oxygen atoms in total. The van der Waals surface area contributed by atoms with E-state index < -0.39 is 0 Å². The van der Waals surface area contributed by atoms with Crippen molar-refractivity contribution in [1.82, 2.24) is 0 Å². The van der Waals surface area contributed by atoms with Crippen molar-refractivity contribution in [1.29, 1.82) is 0 Å². The van der Waals surface area contributed by atoms with Crippen LogP contribution in [-0.4, -0.2) is 0 Å². The number of benzene rings is 10. The predicted octanol–water partition coefficient (Wildman–Crippen LogP) is 19.0. The van der Waals surface area contributed by atoms with Gasteiger partial charge in [-0.15, -0.1) is 0 Å². The van der Waals surface area contributed by atoms with Crippen molar-refractivity contribution in [2.24, 2.45) is 0 Å². The summed E-state index contributed by atoms with van der Waals surface area (Å²) in [7, 11) is 0. The third-order valence-corrected chi connectivity index (χ3v) is 16.1. The van der Waals surface area contributed by atoms with E-state index in [0.717, 1.165) is 51.2 Å². The standard InChI is InChI=1S/C69H57N3/c1-67(2)58-43-52(70(46-25-13-7-14-26-46)47-27-15-8-16-28-47)37-40-55(58)61-64(67)62-56-41-38-53(71(48-29-17-9-18-30-48)49-31-19-10-20-32-49)44-59(56)68(3,4)66(62)63-57-42-39-54(45-60(57)69(5,6)65(61)63)72(50-33-21-11-22-34-50)51-35-23-12-24-36-51/h7-45H,1-6H3. The Kier molecular flexibility index (Phi) is 9.89. The monoisotopic (exact) mass is 927 g/mol. The zero-order valence-corrected chi connectivity index (χ0v) is 41.9. The Balaban J connectivity index is 1.07. The summed E-state index contributed by atoms with van der Waals surface area (Å²) < 4.78 is 0. The molecule has 0 radical (unpaired) electrons. The van der Waals surface area contributed by atoms with Crippen molar-refractivity contribution in [3.05, 3.63) is 270 Å². The van der Waals surface area contributed by atoms with E-state index in [4.69, 9.17) is 0 Å². The summed E-state index contributed by atoms with van der Waals surface area (Å²) in [6.45, 7) is 14.9. The Morgan fingerprint density at radius 1 is 0.222 bits per heavy atom. The van der Waals surface area contributed by atoms with Crippen LogP contribution in [0.1, 0.15) is 74.9 Å². The van der Waals surface area contributed by atoms with Crippen molar-refractivity contribution in [2.75, 3.05) is 14.7 Å². The number of hydrogen-bond donors (Lipinski definition) is 0. The highest BCUT2D eigenvalue weighted by atomic mass is 15.2. The van der Waals surface area contributed by atoms with Crippen LogP contribution in [0, 0.1) is 0 Å². The van der Waals surface area contributed by atoms with Crippen molar-refractivity contribution >= 4 is 51.2 Å². The van der Waals surface area contributed by atoms with Gasteiger partial charge in [0.05, 0.1) is 0 Å². The highest BCUT2D eigenvalue weighted by molar-refractivity contribution is 6.06. The average molecular weight is 928 g/mol. The second kappa shape index (κ2) is 16.3. The molecule has 0 aromatic heterocycles. The molecule has 3 aliphatic carbocycles. The van der Waals surface area contributed by atoms with Crippen LogP contribution in [-0.2, 0) is 16.2 Å². The Hall–Kier alpha value is -8.40. The molecule has 0 spiro atoms. The number of nitrogens with zero attached hydrogens (tertiary/aromatic N) is 3. The third kappa shape index (κ3) is 6.50. The van der Waals surface area contributed by atoms with Gasteiger partial charge in [-0.3, -0.25) is 0 Å². The van der Waals surface area contributed by atoms with Gasteiger partial charge in [0.25, 0.3) is 0 Å². The lowest BCUT2D eigenvalue weighted by atomic mass is 9.71. The Morgan fingerprint density at radius 2 is 0.417 bits per heavy atom. The van der Waals surface area contributed by atoms with Crippen molar-refractivity contribution in [2.45, 2.75) is 57.8 Å². The van der Waals surface area contributed by atoms with Crippen LogP contribution in [0.2, 0.25) is 0 Å². The fourth-order valence-corrected chi connectivity index (χ4v) is 12.9. The maximum absolute atomic E-state index is 2.50. The van der Waals surface area contributed by atoms with E-state index in [1.54, 1.807) is 0 Å². The van der Waals surface area contributed by atoms with Gasteiger partial charge in [0.2, 0.25) is 0 Å². The topological polar surface area (TPSA) is 9.72 Å². The smallest absolute Gasteiger partial charge is 0.0465 e. The average Bonchev–Trinajstić information content (AvgIpc) is 3.91.